The summed E-state index contributed by atoms with van der Waals surface area (Å²) < 4.78 is 5.03. The van der Waals surface area contributed by atoms with E-state index in [1.807, 2.05) is 0 Å². The van der Waals surface area contributed by atoms with E-state index in [2.05, 4.69) is 38.8 Å². The highest BCUT2D eigenvalue weighted by molar-refractivity contribution is 6.28. The highest BCUT2D eigenvalue weighted by atomic mass is 35.5. The fourth-order valence-electron chi connectivity index (χ4n) is 2.25. The SMILES string of the molecule is COc1nc(Cl)nc(N2CCCC2CN(C)C)n1. The molecule has 0 radical (unpaired) electrons. The number of halogens is 1. The maximum Gasteiger partial charge on any atom is 0.322 e. The minimum absolute atomic E-state index is 0.173. The van der Waals surface area contributed by atoms with Crippen molar-refractivity contribution in [2.45, 2.75) is 18.9 Å². The van der Waals surface area contributed by atoms with Crippen molar-refractivity contribution in [2.24, 2.45) is 0 Å². The molecule has 0 spiro atoms. The molecule has 0 N–H and O–H groups in total. The largest absolute Gasteiger partial charge is 0.467 e. The van der Waals surface area contributed by atoms with Gasteiger partial charge in [-0.1, -0.05) is 0 Å². The molecule has 0 saturated carbocycles. The molecule has 1 aromatic heterocycles. The van der Waals surface area contributed by atoms with Crippen molar-refractivity contribution in [1.82, 2.24) is 19.9 Å². The maximum atomic E-state index is 5.88. The molecule has 0 bridgehead atoms. The zero-order chi connectivity index (χ0) is 13.1. The molecule has 0 aliphatic carbocycles. The number of hydrogen-bond acceptors (Lipinski definition) is 6. The van der Waals surface area contributed by atoms with Gasteiger partial charge < -0.3 is 14.5 Å². The Bertz CT molecular complexity index is 414. The van der Waals surface area contributed by atoms with Crippen LogP contribution >= 0.6 is 11.6 Å². The number of rotatable bonds is 4. The van der Waals surface area contributed by atoms with Crippen LogP contribution in [0.5, 0.6) is 6.01 Å². The van der Waals surface area contributed by atoms with Gasteiger partial charge in [0.2, 0.25) is 11.2 Å². The molecule has 1 saturated heterocycles. The number of ether oxygens (including phenoxy) is 1. The Morgan fingerprint density at radius 3 is 2.83 bits per heavy atom. The molecule has 7 heteroatoms. The van der Waals surface area contributed by atoms with Crippen molar-refractivity contribution in [2.75, 3.05) is 39.2 Å². The number of hydrogen-bond donors (Lipinski definition) is 0. The topological polar surface area (TPSA) is 54.4 Å². The number of aromatic nitrogens is 3. The minimum atomic E-state index is 0.173. The van der Waals surface area contributed by atoms with Gasteiger partial charge in [-0.3, -0.25) is 0 Å². The normalized spacial score (nSPS) is 19.6. The Balaban J connectivity index is 2.21. The number of anilines is 1. The van der Waals surface area contributed by atoms with Crippen LogP contribution in [0.4, 0.5) is 5.95 Å². The van der Waals surface area contributed by atoms with Gasteiger partial charge in [0, 0.05) is 19.1 Å². The smallest absolute Gasteiger partial charge is 0.322 e. The van der Waals surface area contributed by atoms with Gasteiger partial charge in [-0.2, -0.15) is 15.0 Å². The van der Waals surface area contributed by atoms with Gasteiger partial charge in [-0.25, -0.2) is 0 Å². The number of methoxy groups -OCH3 is 1. The lowest BCUT2D eigenvalue weighted by atomic mass is 10.2. The third kappa shape index (κ3) is 3.00. The summed E-state index contributed by atoms with van der Waals surface area (Å²) in [6, 6.07) is 0.684. The van der Waals surface area contributed by atoms with E-state index in [1.165, 1.54) is 7.11 Å². The monoisotopic (exact) mass is 271 g/mol. The van der Waals surface area contributed by atoms with E-state index < -0.39 is 0 Å². The summed E-state index contributed by atoms with van der Waals surface area (Å²) in [6.45, 7) is 1.92. The van der Waals surface area contributed by atoms with E-state index >= 15 is 0 Å². The molecule has 1 aliphatic rings. The molecule has 1 fully saturated rings. The maximum absolute atomic E-state index is 5.88. The first-order valence-electron chi connectivity index (χ1n) is 5.97. The Kier molecular flexibility index (Phi) is 4.19. The zero-order valence-electron chi connectivity index (χ0n) is 10.9. The Hall–Kier alpha value is -1.14. The minimum Gasteiger partial charge on any atom is -0.467 e. The molecule has 1 aromatic rings. The second-order valence-corrected chi connectivity index (χ2v) is 4.98. The standard InChI is InChI=1S/C11H18ClN5O/c1-16(2)7-8-5-4-6-17(8)10-13-9(12)14-11(15-10)18-3/h8H,4-7H2,1-3H3. The first-order chi connectivity index (χ1) is 8.60. The van der Waals surface area contributed by atoms with Crippen molar-refractivity contribution in [1.29, 1.82) is 0 Å². The summed E-state index contributed by atoms with van der Waals surface area (Å²) >= 11 is 5.88. The first kappa shape index (κ1) is 13.3. The van der Waals surface area contributed by atoms with Crippen molar-refractivity contribution < 1.29 is 4.74 Å². The van der Waals surface area contributed by atoms with Crippen LogP contribution in [0.25, 0.3) is 0 Å². The van der Waals surface area contributed by atoms with Crippen molar-refractivity contribution >= 4 is 17.5 Å². The fraction of sp³-hybridized carbons (Fsp3) is 0.727. The number of nitrogens with zero attached hydrogens (tertiary/aromatic N) is 5. The van der Waals surface area contributed by atoms with Gasteiger partial charge >= 0.3 is 6.01 Å². The highest BCUT2D eigenvalue weighted by Gasteiger charge is 2.27. The van der Waals surface area contributed by atoms with Crippen molar-refractivity contribution in [3.63, 3.8) is 0 Å². The van der Waals surface area contributed by atoms with Crippen LogP contribution in [0.2, 0.25) is 5.28 Å². The average Bonchev–Trinajstić information content (AvgIpc) is 2.75. The summed E-state index contributed by atoms with van der Waals surface area (Å²) in [7, 11) is 5.66. The third-order valence-electron chi connectivity index (χ3n) is 2.97. The second kappa shape index (κ2) is 5.67. The molecule has 6 nitrogen and oxygen atoms in total. The predicted octanol–water partition coefficient (Wildman–Crippen LogP) is 1.06. The molecule has 1 aliphatic heterocycles. The van der Waals surface area contributed by atoms with Crippen LogP contribution in [0.15, 0.2) is 0 Å². The average molecular weight is 272 g/mol. The van der Waals surface area contributed by atoms with Gasteiger partial charge in [-0.15, -0.1) is 0 Å². The first-order valence-corrected chi connectivity index (χ1v) is 6.35. The van der Waals surface area contributed by atoms with Crippen LogP contribution in [0, 0.1) is 0 Å². The lowest BCUT2D eigenvalue weighted by molar-refractivity contribution is 0.365. The van der Waals surface area contributed by atoms with Gasteiger partial charge in [0.05, 0.1) is 7.11 Å². The van der Waals surface area contributed by atoms with Gasteiger partial charge in [0.25, 0.3) is 0 Å². The Morgan fingerprint density at radius 2 is 2.17 bits per heavy atom. The van der Waals surface area contributed by atoms with E-state index in [1.54, 1.807) is 0 Å². The van der Waals surface area contributed by atoms with Crippen LogP contribution in [-0.4, -0.2) is 60.2 Å². The van der Waals surface area contributed by atoms with E-state index in [4.69, 9.17) is 16.3 Å². The van der Waals surface area contributed by atoms with Gasteiger partial charge in [-0.05, 0) is 38.5 Å². The van der Waals surface area contributed by atoms with Crippen LogP contribution < -0.4 is 9.64 Å². The quantitative estimate of drug-likeness (QED) is 0.816. The summed E-state index contributed by atoms with van der Waals surface area (Å²) in [5.74, 6) is 0.608. The number of likely N-dealkylation sites (N-methyl/N-ethyl adjacent to an activating group) is 1. The predicted molar refractivity (Wildman–Crippen MR) is 70.3 cm³/mol. The summed E-state index contributed by atoms with van der Waals surface area (Å²) in [4.78, 5) is 16.7. The van der Waals surface area contributed by atoms with Gasteiger partial charge in [0.15, 0.2) is 0 Å². The molecule has 1 atom stereocenters. The highest BCUT2D eigenvalue weighted by Crippen LogP contribution is 2.24. The zero-order valence-corrected chi connectivity index (χ0v) is 11.7. The Morgan fingerprint density at radius 1 is 1.39 bits per heavy atom. The van der Waals surface area contributed by atoms with E-state index in [0.717, 1.165) is 25.9 Å². The molecule has 1 unspecified atom stereocenters. The van der Waals surface area contributed by atoms with E-state index in [9.17, 15) is 0 Å². The van der Waals surface area contributed by atoms with Crippen molar-refractivity contribution in [3.8, 4) is 6.01 Å². The summed E-state index contributed by atoms with van der Waals surface area (Å²) in [5.41, 5.74) is 0. The molecular formula is C11H18ClN5O. The van der Waals surface area contributed by atoms with Crippen LogP contribution in [-0.2, 0) is 0 Å². The Labute approximate surface area is 112 Å². The third-order valence-corrected chi connectivity index (χ3v) is 3.14. The molecule has 2 rings (SSSR count). The summed E-state index contributed by atoms with van der Waals surface area (Å²) in [5, 5.41) is 0.173. The lowest BCUT2D eigenvalue weighted by Crippen LogP contribution is -2.38. The summed E-state index contributed by atoms with van der Waals surface area (Å²) in [6.07, 6.45) is 2.29. The van der Waals surface area contributed by atoms with E-state index in [0.29, 0.717) is 12.0 Å². The lowest BCUT2D eigenvalue weighted by Gasteiger charge is -2.27. The molecule has 0 amide bonds. The van der Waals surface area contributed by atoms with E-state index in [-0.39, 0.29) is 11.3 Å². The molecule has 100 valence electrons. The van der Waals surface area contributed by atoms with Gasteiger partial charge in [0.1, 0.15) is 0 Å². The van der Waals surface area contributed by atoms with Crippen LogP contribution in [0.1, 0.15) is 12.8 Å². The molecule has 2 heterocycles. The second-order valence-electron chi connectivity index (χ2n) is 4.64. The fourth-order valence-corrected chi connectivity index (χ4v) is 2.40. The van der Waals surface area contributed by atoms with Crippen molar-refractivity contribution in [3.05, 3.63) is 5.28 Å². The molecule has 0 aromatic carbocycles. The molecule has 18 heavy (non-hydrogen) atoms. The van der Waals surface area contributed by atoms with Crippen LogP contribution in [0.3, 0.4) is 0 Å². The molecular weight excluding hydrogens is 254 g/mol.